The molecule has 0 saturated heterocycles. The minimum atomic E-state index is -0.362. The largest absolute Gasteiger partial charge is 0.465 e. The number of nitrogens with one attached hydrogen (secondary N) is 2. The Labute approximate surface area is 158 Å². The Bertz CT molecular complexity index is 968. The molecule has 0 fully saturated rings. The molecule has 2 aromatic carbocycles. The third-order valence-electron chi connectivity index (χ3n) is 4.20. The maximum Gasteiger partial charge on any atom is 0.337 e. The number of methoxy groups -OCH3 is 1. The summed E-state index contributed by atoms with van der Waals surface area (Å²) < 4.78 is 4.71. The summed E-state index contributed by atoms with van der Waals surface area (Å²) in [5.74, 6) is 0.825. The van der Waals surface area contributed by atoms with Crippen molar-refractivity contribution in [3.63, 3.8) is 0 Å². The Kier molecular flexibility index (Phi) is 5.35. The smallest absolute Gasteiger partial charge is 0.337 e. The van der Waals surface area contributed by atoms with Gasteiger partial charge in [-0.2, -0.15) is 4.98 Å². The lowest BCUT2D eigenvalue weighted by molar-refractivity contribution is 0.0601. The van der Waals surface area contributed by atoms with Gasteiger partial charge in [0.05, 0.1) is 12.7 Å². The van der Waals surface area contributed by atoms with Gasteiger partial charge < -0.3 is 15.4 Å². The number of aryl methyl sites for hydroxylation is 3. The van der Waals surface area contributed by atoms with E-state index in [0.29, 0.717) is 17.3 Å². The summed E-state index contributed by atoms with van der Waals surface area (Å²) in [5.41, 5.74) is 5.54. The van der Waals surface area contributed by atoms with Crippen LogP contribution in [0.15, 0.2) is 48.5 Å². The molecule has 0 aliphatic heterocycles. The van der Waals surface area contributed by atoms with Crippen molar-refractivity contribution < 1.29 is 9.53 Å². The van der Waals surface area contributed by atoms with Crippen molar-refractivity contribution in [3.05, 3.63) is 70.9 Å². The SMILES string of the molecule is COC(=O)c1ccc(Nc2cc(C)nc(Nc3ccc(C)c(C)c3)n2)cc1. The Morgan fingerprint density at radius 1 is 0.852 bits per heavy atom. The van der Waals surface area contributed by atoms with Crippen LogP contribution in [0.5, 0.6) is 0 Å². The highest BCUT2D eigenvalue weighted by Gasteiger charge is 2.07. The van der Waals surface area contributed by atoms with Crippen LogP contribution in [0.1, 0.15) is 27.2 Å². The van der Waals surface area contributed by atoms with E-state index < -0.39 is 0 Å². The fraction of sp³-hybridized carbons (Fsp3) is 0.190. The lowest BCUT2D eigenvalue weighted by Crippen LogP contribution is -2.03. The Hall–Kier alpha value is -3.41. The summed E-state index contributed by atoms with van der Waals surface area (Å²) in [5, 5.41) is 6.48. The van der Waals surface area contributed by atoms with Gasteiger partial charge in [0.2, 0.25) is 5.95 Å². The lowest BCUT2D eigenvalue weighted by atomic mass is 10.1. The van der Waals surface area contributed by atoms with Crippen LogP contribution in [0.25, 0.3) is 0 Å². The molecular formula is C21H22N4O2. The second-order valence-corrected chi connectivity index (χ2v) is 6.34. The van der Waals surface area contributed by atoms with Crippen molar-refractivity contribution in [2.24, 2.45) is 0 Å². The van der Waals surface area contributed by atoms with E-state index in [1.807, 2.05) is 19.1 Å². The molecule has 27 heavy (non-hydrogen) atoms. The lowest BCUT2D eigenvalue weighted by Gasteiger charge is -2.11. The molecule has 0 aliphatic rings. The van der Waals surface area contributed by atoms with Crippen LogP contribution in [-0.4, -0.2) is 23.0 Å². The van der Waals surface area contributed by atoms with Crippen LogP contribution in [0.2, 0.25) is 0 Å². The van der Waals surface area contributed by atoms with E-state index in [0.717, 1.165) is 17.1 Å². The number of nitrogens with zero attached hydrogens (tertiary/aromatic N) is 2. The van der Waals surface area contributed by atoms with Gasteiger partial charge in [-0.3, -0.25) is 0 Å². The molecule has 6 nitrogen and oxygen atoms in total. The fourth-order valence-electron chi connectivity index (χ4n) is 2.59. The maximum atomic E-state index is 11.5. The van der Waals surface area contributed by atoms with Crippen LogP contribution in [0.3, 0.4) is 0 Å². The molecule has 0 saturated carbocycles. The van der Waals surface area contributed by atoms with Crippen molar-refractivity contribution in [1.82, 2.24) is 9.97 Å². The molecule has 0 unspecified atom stereocenters. The van der Waals surface area contributed by atoms with Gasteiger partial charge >= 0.3 is 5.97 Å². The number of ether oxygens (including phenoxy) is 1. The fourth-order valence-corrected chi connectivity index (χ4v) is 2.59. The van der Waals surface area contributed by atoms with Gasteiger partial charge in [0, 0.05) is 23.1 Å². The monoisotopic (exact) mass is 362 g/mol. The van der Waals surface area contributed by atoms with Gasteiger partial charge in [-0.05, 0) is 68.3 Å². The van der Waals surface area contributed by atoms with Gasteiger partial charge in [0.1, 0.15) is 5.82 Å². The van der Waals surface area contributed by atoms with E-state index in [2.05, 4.69) is 46.6 Å². The van der Waals surface area contributed by atoms with Crippen LogP contribution in [0, 0.1) is 20.8 Å². The number of hydrogen-bond donors (Lipinski definition) is 2. The van der Waals surface area contributed by atoms with E-state index in [-0.39, 0.29) is 5.97 Å². The molecule has 0 atom stereocenters. The van der Waals surface area contributed by atoms with E-state index in [1.165, 1.54) is 18.2 Å². The Balaban J connectivity index is 1.78. The first-order chi connectivity index (χ1) is 12.9. The van der Waals surface area contributed by atoms with Crippen LogP contribution in [0.4, 0.5) is 23.1 Å². The zero-order valence-corrected chi connectivity index (χ0v) is 15.8. The van der Waals surface area contributed by atoms with Crippen LogP contribution in [-0.2, 0) is 4.74 Å². The third-order valence-corrected chi connectivity index (χ3v) is 4.20. The molecule has 1 aromatic heterocycles. The highest BCUT2D eigenvalue weighted by Crippen LogP contribution is 2.21. The molecule has 1 heterocycles. The van der Waals surface area contributed by atoms with Crippen molar-refractivity contribution in [3.8, 4) is 0 Å². The summed E-state index contributed by atoms with van der Waals surface area (Å²) in [4.78, 5) is 20.5. The first-order valence-electron chi connectivity index (χ1n) is 8.60. The molecule has 0 spiro atoms. The minimum Gasteiger partial charge on any atom is -0.465 e. The van der Waals surface area contributed by atoms with E-state index >= 15 is 0 Å². The summed E-state index contributed by atoms with van der Waals surface area (Å²) >= 11 is 0. The second kappa shape index (κ2) is 7.86. The third kappa shape index (κ3) is 4.61. The van der Waals surface area contributed by atoms with Gasteiger partial charge in [0.15, 0.2) is 0 Å². The predicted molar refractivity (Wildman–Crippen MR) is 107 cm³/mol. The van der Waals surface area contributed by atoms with Crippen molar-refractivity contribution in [2.75, 3.05) is 17.7 Å². The second-order valence-electron chi connectivity index (χ2n) is 6.34. The first kappa shape index (κ1) is 18.4. The topological polar surface area (TPSA) is 76.1 Å². The van der Waals surface area contributed by atoms with Crippen LogP contribution >= 0.6 is 0 Å². The number of carbonyl (C=O) groups is 1. The number of carbonyl (C=O) groups excluding carboxylic acids is 1. The number of anilines is 4. The number of esters is 1. The molecule has 0 amide bonds. The average molecular weight is 362 g/mol. The molecule has 3 aromatic rings. The quantitative estimate of drug-likeness (QED) is 0.642. The number of aromatic nitrogens is 2. The van der Waals surface area contributed by atoms with Crippen molar-refractivity contribution >= 4 is 29.1 Å². The first-order valence-corrected chi connectivity index (χ1v) is 8.60. The van der Waals surface area contributed by atoms with E-state index in [9.17, 15) is 4.79 Å². The summed E-state index contributed by atoms with van der Waals surface area (Å²) in [6.07, 6.45) is 0. The normalized spacial score (nSPS) is 10.4. The van der Waals surface area contributed by atoms with Crippen molar-refractivity contribution in [2.45, 2.75) is 20.8 Å². The molecular weight excluding hydrogens is 340 g/mol. The molecule has 0 radical (unpaired) electrons. The standard InChI is InChI=1S/C21H22N4O2/c1-13-5-8-18(11-14(13)2)24-21-22-15(3)12-19(25-21)23-17-9-6-16(7-10-17)20(26)27-4/h5-12H,1-4H3,(H2,22,23,24,25). The molecule has 2 N–H and O–H groups in total. The predicted octanol–water partition coefficient (Wildman–Crippen LogP) is 4.68. The van der Waals surface area contributed by atoms with Gasteiger partial charge in [-0.1, -0.05) is 6.07 Å². The Morgan fingerprint density at radius 2 is 1.56 bits per heavy atom. The maximum absolute atomic E-state index is 11.5. The zero-order valence-electron chi connectivity index (χ0n) is 15.8. The number of rotatable bonds is 5. The zero-order chi connectivity index (χ0) is 19.4. The molecule has 6 heteroatoms. The van der Waals surface area contributed by atoms with Gasteiger partial charge in [-0.25, -0.2) is 9.78 Å². The highest BCUT2D eigenvalue weighted by molar-refractivity contribution is 5.89. The number of benzene rings is 2. The van der Waals surface area contributed by atoms with E-state index in [1.54, 1.807) is 24.3 Å². The summed E-state index contributed by atoms with van der Waals surface area (Å²) in [7, 11) is 1.36. The van der Waals surface area contributed by atoms with Gasteiger partial charge in [-0.15, -0.1) is 0 Å². The summed E-state index contributed by atoms with van der Waals surface area (Å²) in [6.45, 7) is 6.07. The molecule has 0 aliphatic carbocycles. The van der Waals surface area contributed by atoms with Crippen molar-refractivity contribution in [1.29, 1.82) is 0 Å². The average Bonchev–Trinajstić information content (AvgIpc) is 2.64. The van der Waals surface area contributed by atoms with E-state index in [4.69, 9.17) is 4.74 Å². The highest BCUT2D eigenvalue weighted by atomic mass is 16.5. The Morgan fingerprint density at radius 3 is 2.22 bits per heavy atom. The number of hydrogen-bond acceptors (Lipinski definition) is 6. The molecule has 0 bridgehead atoms. The molecule has 138 valence electrons. The summed E-state index contributed by atoms with van der Waals surface area (Å²) in [6, 6.07) is 15.0. The minimum absolute atomic E-state index is 0.362. The van der Waals surface area contributed by atoms with Crippen LogP contribution < -0.4 is 10.6 Å². The van der Waals surface area contributed by atoms with Gasteiger partial charge in [0.25, 0.3) is 0 Å². The molecule has 3 rings (SSSR count).